The first-order valence-electron chi connectivity index (χ1n) is 7.31. The van der Waals surface area contributed by atoms with E-state index in [1.54, 1.807) is 18.2 Å². The van der Waals surface area contributed by atoms with Gasteiger partial charge in [-0.15, -0.1) is 0 Å². The Morgan fingerprint density at radius 3 is 2.42 bits per heavy atom. The van der Waals surface area contributed by atoms with E-state index in [0.29, 0.717) is 11.3 Å². The quantitative estimate of drug-likeness (QED) is 0.801. The van der Waals surface area contributed by atoms with Crippen LogP contribution in [0.5, 0.6) is 0 Å². The van der Waals surface area contributed by atoms with Gasteiger partial charge in [0, 0.05) is 17.2 Å². The number of hydrogen-bond acceptors (Lipinski definition) is 3. The first kappa shape index (κ1) is 16.0. The van der Waals surface area contributed by atoms with Gasteiger partial charge in [-0.1, -0.05) is 18.2 Å². The molecule has 122 valence electrons. The Kier molecular flexibility index (Phi) is 4.48. The van der Waals surface area contributed by atoms with Gasteiger partial charge >= 0.3 is 0 Å². The molecule has 0 saturated carbocycles. The number of hydrogen-bond donors (Lipinski definition) is 1. The van der Waals surface area contributed by atoms with Crippen molar-refractivity contribution in [3.05, 3.63) is 88.2 Å². The van der Waals surface area contributed by atoms with Gasteiger partial charge in [0.1, 0.15) is 17.7 Å². The molecule has 3 rings (SSSR count). The van der Waals surface area contributed by atoms with Crippen LogP contribution in [-0.4, -0.2) is 14.9 Å². The smallest absolute Gasteiger partial charge is 0.266 e. The molecule has 1 atom stereocenters. The van der Waals surface area contributed by atoms with Gasteiger partial charge in [-0.25, -0.2) is 13.5 Å². The summed E-state index contributed by atoms with van der Waals surface area (Å²) in [4.78, 5) is 11.9. The summed E-state index contributed by atoms with van der Waals surface area (Å²) in [6.07, 6.45) is -1.21. The van der Waals surface area contributed by atoms with Crippen LogP contribution in [0.15, 0.2) is 65.5 Å². The molecule has 24 heavy (non-hydrogen) atoms. The second-order valence-corrected chi connectivity index (χ2v) is 5.28. The molecule has 0 spiro atoms. The number of benzene rings is 2. The Bertz CT molecular complexity index is 907. The van der Waals surface area contributed by atoms with Gasteiger partial charge in [-0.05, 0) is 36.4 Å². The molecule has 0 saturated heterocycles. The molecule has 0 bridgehead atoms. The van der Waals surface area contributed by atoms with Gasteiger partial charge in [0.2, 0.25) is 0 Å². The standard InChI is InChI=1S/C18H14F2N2O2/c19-13-7-5-12(6-8-13)16-9-10-18(24)22(21-16)11-17(23)14-3-1-2-4-15(14)20/h1-10,17,23H,11H2/t17-/m0/s1. The normalized spacial score (nSPS) is 12.1. The van der Waals surface area contributed by atoms with Crippen LogP contribution in [0, 0.1) is 11.6 Å². The lowest BCUT2D eigenvalue weighted by atomic mass is 10.1. The fraction of sp³-hybridized carbons (Fsp3) is 0.111. The minimum absolute atomic E-state index is 0.0957. The van der Waals surface area contributed by atoms with Crippen LogP contribution in [0.4, 0.5) is 8.78 Å². The lowest BCUT2D eigenvalue weighted by Crippen LogP contribution is -2.25. The highest BCUT2D eigenvalue weighted by molar-refractivity contribution is 5.57. The molecule has 0 aliphatic heterocycles. The van der Waals surface area contributed by atoms with Crippen molar-refractivity contribution in [2.24, 2.45) is 0 Å². The summed E-state index contributed by atoms with van der Waals surface area (Å²) >= 11 is 0. The molecule has 0 radical (unpaired) electrons. The Labute approximate surface area is 136 Å². The summed E-state index contributed by atoms with van der Waals surface area (Å²) < 4.78 is 27.8. The molecule has 1 heterocycles. The molecule has 4 nitrogen and oxygen atoms in total. The summed E-state index contributed by atoms with van der Waals surface area (Å²) in [5, 5.41) is 14.4. The van der Waals surface area contributed by atoms with Crippen LogP contribution in [0.25, 0.3) is 11.3 Å². The molecule has 0 aliphatic rings. The Hall–Kier alpha value is -2.86. The molecule has 3 aromatic rings. The van der Waals surface area contributed by atoms with E-state index in [2.05, 4.69) is 5.10 Å². The molecule has 0 amide bonds. The fourth-order valence-corrected chi connectivity index (χ4v) is 2.36. The number of aromatic nitrogens is 2. The number of nitrogens with zero attached hydrogens (tertiary/aromatic N) is 2. The Morgan fingerprint density at radius 1 is 1.00 bits per heavy atom. The van der Waals surface area contributed by atoms with E-state index < -0.39 is 17.5 Å². The zero-order chi connectivity index (χ0) is 17.1. The topological polar surface area (TPSA) is 55.1 Å². The van der Waals surface area contributed by atoms with E-state index in [9.17, 15) is 18.7 Å². The highest BCUT2D eigenvalue weighted by Gasteiger charge is 2.14. The van der Waals surface area contributed by atoms with Gasteiger partial charge in [0.05, 0.1) is 12.2 Å². The van der Waals surface area contributed by atoms with Crippen LogP contribution in [0.3, 0.4) is 0 Å². The number of rotatable bonds is 4. The highest BCUT2D eigenvalue weighted by Crippen LogP contribution is 2.19. The molecule has 0 aliphatic carbocycles. The minimum Gasteiger partial charge on any atom is -0.386 e. The van der Waals surface area contributed by atoms with Crippen LogP contribution in [0.1, 0.15) is 11.7 Å². The number of aliphatic hydroxyl groups excluding tert-OH is 1. The predicted molar refractivity (Wildman–Crippen MR) is 85.3 cm³/mol. The molecule has 1 aromatic heterocycles. The molecule has 0 fully saturated rings. The van der Waals surface area contributed by atoms with E-state index in [1.165, 1.54) is 42.5 Å². The maximum Gasteiger partial charge on any atom is 0.266 e. The third kappa shape index (κ3) is 3.38. The second kappa shape index (κ2) is 6.72. The Balaban J connectivity index is 1.91. The number of halogens is 2. The van der Waals surface area contributed by atoms with Gasteiger partial charge in [0.15, 0.2) is 0 Å². The average Bonchev–Trinajstić information content (AvgIpc) is 2.58. The number of aliphatic hydroxyl groups is 1. The van der Waals surface area contributed by atoms with E-state index in [0.717, 1.165) is 4.68 Å². The van der Waals surface area contributed by atoms with Crippen molar-refractivity contribution in [1.29, 1.82) is 0 Å². The molecular formula is C18H14F2N2O2. The van der Waals surface area contributed by atoms with Gasteiger partial charge in [-0.3, -0.25) is 4.79 Å². The van der Waals surface area contributed by atoms with Crippen molar-refractivity contribution >= 4 is 0 Å². The van der Waals surface area contributed by atoms with Crippen LogP contribution in [-0.2, 0) is 6.54 Å². The van der Waals surface area contributed by atoms with Gasteiger partial charge < -0.3 is 5.11 Å². The first-order chi connectivity index (χ1) is 11.5. The molecule has 2 aromatic carbocycles. The summed E-state index contributed by atoms with van der Waals surface area (Å²) in [6, 6.07) is 14.3. The van der Waals surface area contributed by atoms with Gasteiger partial charge in [0.25, 0.3) is 5.56 Å². The SMILES string of the molecule is O=c1ccc(-c2ccc(F)cc2)nn1C[C@H](O)c1ccccc1F. The van der Waals surface area contributed by atoms with Crippen molar-refractivity contribution in [3.8, 4) is 11.3 Å². The zero-order valence-corrected chi connectivity index (χ0v) is 12.6. The summed E-state index contributed by atoms with van der Waals surface area (Å²) in [7, 11) is 0. The van der Waals surface area contributed by atoms with Crippen molar-refractivity contribution in [2.75, 3.05) is 0 Å². The van der Waals surface area contributed by atoms with Crippen LogP contribution >= 0.6 is 0 Å². The molecular weight excluding hydrogens is 314 g/mol. The zero-order valence-electron chi connectivity index (χ0n) is 12.6. The van der Waals surface area contributed by atoms with Crippen molar-refractivity contribution in [2.45, 2.75) is 12.6 Å². The van der Waals surface area contributed by atoms with Crippen LogP contribution in [0.2, 0.25) is 0 Å². The predicted octanol–water partition coefficient (Wildman–Crippen LogP) is 2.92. The maximum atomic E-state index is 13.7. The van der Waals surface area contributed by atoms with Crippen molar-refractivity contribution < 1.29 is 13.9 Å². The van der Waals surface area contributed by atoms with Crippen LogP contribution < -0.4 is 5.56 Å². The summed E-state index contributed by atoms with van der Waals surface area (Å²) in [5.41, 5.74) is 0.760. The van der Waals surface area contributed by atoms with E-state index >= 15 is 0 Å². The summed E-state index contributed by atoms with van der Waals surface area (Å²) in [6.45, 7) is -0.186. The second-order valence-electron chi connectivity index (χ2n) is 5.28. The summed E-state index contributed by atoms with van der Waals surface area (Å²) in [5.74, 6) is -0.921. The monoisotopic (exact) mass is 328 g/mol. The molecule has 6 heteroatoms. The average molecular weight is 328 g/mol. The Morgan fingerprint density at radius 2 is 1.71 bits per heavy atom. The lowest BCUT2D eigenvalue weighted by Gasteiger charge is -2.13. The highest BCUT2D eigenvalue weighted by atomic mass is 19.1. The third-order valence-electron chi connectivity index (χ3n) is 3.62. The molecule has 1 N–H and O–H groups in total. The van der Waals surface area contributed by atoms with Crippen molar-refractivity contribution in [3.63, 3.8) is 0 Å². The molecule has 0 unspecified atom stereocenters. The first-order valence-corrected chi connectivity index (χ1v) is 7.31. The minimum atomic E-state index is -1.21. The largest absolute Gasteiger partial charge is 0.386 e. The van der Waals surface area contributed by atoms with E-state index in [1.807, 2.05) is 0 Å². The van der Waals surface area contributed by atoms with Gasteiger partial charge in [-0.2, -0.15) is 5.10 Å². The van der Waals surface area contributed by atoms with E-state index in [4.69, 9.17) is 0 Å². The maximum absolute atomic E-state index is 13.7. The lowest BCUT2D eigenvalue weighted by molar-refractivity contribution is 0.145. The third-order valence-corrected chi connectivity index (χ3v) is 3.62. The fourth-order valence-electron chi connectivity index (χ4n) is 2.36. The van der Waals surface area contributed by atoms with Crippen molar-refractivity contribution in [1.82, 2.24) is 9.78 Å². The van der Waals surface area contributed by atoms with E-state index in [-0.39, 0.29) is 17.9 Å².